The molecule has 5 heteroatoms. The van der Waals surface area contributed by atoms with Gasteiger partial charge in [0.05, 0.1) is 0 Å². The lowest BCUT2D eigenvalue weighted by molar-refractivity contribution is -0.351. The molecule has 0 aromatic rings. The molecule has 0 radical (unpaired) electrons. The summed E-state index contributed by atoms with van der Waals surface area (Å²) in [7, 11) is 0. The van der Waals surface area contributed by atoms with E-state index < -0.39 is 18.4 Å². The molecule has 0 saturated carbocycles. The van der Waals surface area contributed by atoms with Gasteiger partial charge in [-0.3, -0.25) is 0 Å². The molecule has 0 fully saturated rings. The summed E-state index contributed by atoms with van der Waals surface area (Å²) in [6.45, 7) is 1.67. The molecule has 0 aliphatic heterocycles. The minimum absolute atomic E-state index is 0.145. The first kappa shape index (κ1) is 10.7. The van der Waals surface area contributed by atoms with Gasteiger partial charge >= 0.3 is 6.18 Å². The molecule has 0 aliphatic rings. The predicted octanol–water partition coefficient (Wildman–Crippen LogP) is 1.42. The highest BCUT2D eigenvalue weighted by molar-refractivity contribution is 4.73. The molecule has 11 heavy (non-hydrogen) atoms. The van der Waals surface area contributed by atoms with Crippen LogP contribution in [0.1, 0.15) is 26.2 Å². The zero-order valence-electron chi connectivity index (χ0n) is 6.15. The van der Waals surface area contributed by atoms with E-state index in [2.05, 4.69) is 0 Å². The van der Waals surface area contributed by atoms with E-state index in [0.717, 1.165) is 0 Å². The molecule has 0 aromatic carbocycles. The predicted molar refractivity (Wildman–Crippen MR) is 32.7 cm³/mol. The van der Waals surface area contributed by atoms with Crippen LogP contribution in [0.5, 0.6) is 0 Å². The van der Waals surface area contributed by atoms with Crippen LogP contribution in [0.3, 0.4) is 0 Å². The van der Waals surface area contributed by atoms with E-state index in [4.69, 9.17) is 10.2 Å². The Balaban J connectivity index is 4.00. The summed E-state index contributed by atoms with van der Waals surface area (Å²) in [5, 5.41) is 16.8. The Morgan fingerprint density at radius 2 is 1.64 bits per heavy atom. The fourth-order valence-corrected chi connectivity index (χ4v) is 0.565. The third kappa shape index (κ3) is 3.07. The third-order valence-corrected chi connectivity index (χ3v) is 1.33. The monoisotopic (exact) mass is 172 g/mol. The van der Waals surface area contributed by atoms with Gasteiger partial charge in [-0.25, -0.2) is 0 Å². The zero-order valence-corrected chi connectivity index (χ0v) is 6.15. The van der Waals surface area contributed by atoms with Crippen molar-refractivity contribution in [2.75, 3.05) is 0 Å². The van der Waals surface area contributed by atoms with Crippen LogP contribution in [0, 0.1) is 0 Å². The van der Waals surface area contributed by atoms with Crippen LogP contribution in [-0.2, 0) is 0 Å². The number of aliphatic hydroxyl groups is 2. The third-order valence-electron chi connectivity index (χ3n) is 1.33. The summed E-state index contributed by atoms with van der Waals surface area (Å²) >= 11 is 0. The maximum absolute atomic E-state index is 11.7. The summed E-state index contributed by atoms with van der Waals surface area (Å²) in [6.07, 6.45) is -4.96. The van der Waals surface area contributed by atoms with Gasteiger partial charge in [0, 0.05) is 6.42 Å². The minimum Gasteiger partial charge on any atom is -0.359 e. The second-order valence-electron chi connectivity index (χ2n) is 2.42. The van der Waals surface area contributed by atoms with Gasteiger partial charge in [-0.2, -0.15) is 13.2 Å². The van der Waals surface area contributed by atoms with Crippen LogP contribution < -0.4 is 0 Å². The van der Waals surface area contributed by atoms with Gasteiger partial charge in [0.2, 0.25) is 0 Å². The van der Waals surface area contributed by atoms with Crippen LogP contribution in [0.25, 0.3) is 0 Å². The molecule has 2 N–H and O–H groups in total. The molecule has 68 valence electrons. The molecular weight excluding hydrogens is 161 g/mol. The molecule has 0 saturated heterocycles. The van der Waals surface area contributed by atoms with Crippen LogP contribution in [0.2, 0.25) is 0 Å². The first-order chi connectivity index (χ1) is 4.81. The summed E-state index contributed by atoms with van der Waals surface area (Å²) in [5.41, 5.74) is 0. The highest BCUT2D eigenvalue weighted by Gasteiger charge is 2.51. The van der Waals surface area contributed by atoms with E-state index >= 15 is 0 Å². The molecular formula is C6H11F3O2. The summed E-state index contributed by atoms with van der Waals surface area (Å²) < 4.78 is 35.0. The Hall–Kier alpha value is -0.290. The van der Waals surface area contributed by atoms with Gasteiger partial charge < -0.3 is 10.2 Å². The average molecular weight is 172 g/mol. The van der Waals surface area contributed by atoms with Gasteiger partial charge in [-0.15, -0.1) is 0 Å². The molecule has 0 rings (SSSR count). The van der Waals surface area contributed by atoms with Crippen molar-refractivity contribution >= 4 is 0 Å². The quantitative estimate of drug-likeness (QED) is 0.632. The van der Waals surface area contributed by atoms with Crippen molar-refractivity contribution in [1.82, 2.24) is 0 Å². The summed E-state index contributed by atoms with van der Waals surface area (Å²) in [6, 6.07) is 0. The molecule has 0 aromatic heterocycles. The molecule has 0 bridgehead atoms. The largest absolute Gasteiger partial charge is 0.442 e. The lowest BCUT2D eigenvalue weighted by Gasteiger charge is -2.23. The molecule has 0 aliphatic carbocycles. The molecule has 0 spiro atoms. The number of alkyl halides is 3. The van der Waals surface area contributed by atoms with E-state index in [1.54, 1.807) is 6.92 Å². The van der Waals surface area contributed by atoms with Gasteiger partial charge in [-0.05, 0) is 6.42 Å². The second-order valence-corrected chi connectivity index (χ2v) is 2.42. The van der Waals surface area contributed by atoms with Crippen LogP contribution >= 0.6 is 0 Å². The van der Waals surface area contributed by atoms with Crippen molar-refractivity contribution < 1.29 is 23.4 Å². The number of hydrogen-bond donors (Lipinski definition) is 2. The maximum atomic E-state index is 11.7. The summed E-state index contributed by atoms with van der Waals surface area (Å²) in [5.74, 6) is -3.51. The van der Waals surface area contributed by atoms with Crippen molar-refractivity contribution in [3.63, 3.8) is 0 Å². The smallest absolute Gasteiger partial charge is 0.359 e. The van der Waals surface area contributed by atoms with Gasteiger partial charge in [0.15, 0.2) is 0 Å². The highest BCUT2D eigenvalue weighted by Crippen LogP contribution is 2.31. The number of hydrogen-bond acceptors (Lipinski definition) is 2. The maximum Gasteiger partial charge on any atom is 0.442 e. The van der Waals surface area contributed by atoms with Crippen molar-refractivity contribution in [3.05, 3.63) is 0 Å². The first-order valence-electron chi connectivity index (χ1n) is 3.32. The van der Waals surface area contributed by atoms with Crippen molar-refractivity contribution in [2.24, 2.45) is 0 Å². The highest BCUT2D eigenvalue weighted by atomic mass is 19.4. The minimum atomic E-state index is -4.94. The Kier molecular flexibility index (Phi) is 3.31. The Bertz CT molecular complexity index is 119. The molecule has 0 unspecified atom stereocenters. The standard InChI is InChI=1S/C6H11F3O2/c1-2-3-4-5(10,11)6(7,8)9/h10-11H,2-4H2,1H3. The molecule has 0 amide bonds. The van der Waals surface area contributed by atoms with Crippen LogP contribution in [0.15, 0.2) is 0 Å². The normalized spacial score (nSPS) is 13.6. The molecule has 0 heterocycles. The number of rotatable bonds is 3. The fourth-order valence-electron chi connectivity index (χ4n) is 0.565. The van der Waals surface area contributed by atoms with Crippen molar-refractivity contribution in [1.29, 1.82) is 0 Å². The van der Waals surface area contributed by atoms with Crippen LogP contribution in [-0.4, -0.2) is 22.2 Å². The van der Waals surface area contributed by atoms with Crippen LogP contribution in [0.4, 0.5) is 13.2 Å². The SMILES string of the molecule is CCCCC(O)(O)C(F)(F)F. The van der Waals surface area contributed by atoms with Crippen molar-refractivity contribution in [3.8, 4) is 0 Å². The zero-order chi connectivity index (χ0) is 9.12. The van der Waals surface area contributed by atoms with Gasteiger partial charge in [0.1, 0.15) is 0 Å². The Morgan fingerprint density at radius 3 is 1.91 bits per heavy atom. The summed E-state index contributed by atoms with van der Waals surface area (Å²) in [4.78, 5) is 0. The first-order valence-corrected chi connectivity index (χ1v) is 3.32. The van der Waals surface area contributed by atoms with E-state index in [-0.39, 0.29) is 6.42 Å². The number of unbranched alkanes of at least 4 members (excludes halogenated alkanes) is 1. The lowest BCUT2D eigenvalue weighted by Crippen LogP contribution is -2.44. The van der Waals surface area contributed by atoms with E-state index in [9.17, 15) is 13.2 Å². The van der Waals surface area contributed by atoms with E-state index in [1.165, 1.54) is 0 Å². The van der Waals surface area contributed by atoms with E-state index in [1.807, 2.05) is 0 Å². The topological polar surface area (TPSA) is 40.5 Å². The molecule has 2 nitrogen and oxygen atoms in total. The van der Waals surface area contributed by atoms with Crippen molar-refractivity contribution in [2.45, 2.75) is 38.1 Å². The molecule has 0 atom stereocenters. The van der Waals surface area contributed by atoms with E-state index in [0.29, 0.717) is 6.42 Å². The van der Waals surface area contributed by atoms with Gasteiger partial charge in [-0.1, -0.05) is 13.3 Å². The lowest BCUT2D eigenvalue weighted by atomic mass is 10.1. The Labute approximate surface area is 62.6 Å². The average Bonchev–Trinajstić information content (AvgIpc) is 1.81. The number of halogens is 3. The fraction of sp³-hybridized carbons (Fsp3) is 1.00. The second kappa shape index (κ2) is 3.40. The Morgan fingerprint density at radius 1 is 1.18 bits per heavy atom. The van der Waals surface area contributed by atoms with Gasteiger partial charge in [0.25, 0.3) is 5.79 Å².